The third-order valence-electron chi connectivity index (χ3n) is 3.07. The first-order valence-corrected chi connectivity index (χ1v) is 5.99. The van der Waals surface area contributed by atoms with E-state index in [1.54, 1.807) is 17.0 Å². The van der Waals surface area contributed by atoms with Gasteiger partial charge in [0.1, 0.15) is 0 Å². The van der Waals surface area contributed by atoms with E-state index >= 15 is 0 Å². The van der Waals surface area contributed by atoms with Crippen LogP contribution in [0.4, 0.5) is 11.9 Å². The molecule has 0 aromatic carbocycles. The molecule has 0 unspecified atom stereocenters. The smallest absolute Gasteiger partial charge is 0.289 e. The maximum Gasteiger partial charge on any atom is 0.289 e. The molecule has 1 amide bonds. The maximum absolute atomic E-state index is 12.1. The van der Waals surface area contributed by atoms with Crippen LogP contribution in [0.1, 0.15) is 10.6 Å². The van der Waals surface area contributed by atoms with Crippen LogP contribution in [0.25, 0.3) is 0 Å². The first kappa shape index (κ1) is 11.6. The number of nitrogens with one attached hydrogen (secondary N) is 1. The van der Waals surface area contributed by atoms with Gasteiger partial charge in [-0.2, -0.15) is 4.98 Å². The molecule has 2 aromatic heterocycles. The number of nitrogens with zero attached hydrogens (tertiary/aromatic N) is 4. The molecule has 3 heterocycles. The van der Waals surface area contributed by atoms with E-state index in [2.05, 4.69) is 15.2 Å². The van der Waals surface area contributed by atoms with E-state index in [1.165, 1.54) is 6.26 Å². The lowest BCUT2D eigenvalue weighted by Crippen LogP contribution is -2.49. The molecule has 0 aliphatic carbocycles. The van der Waals surface area contributed by atoms with Gasteiger partial charge >= 0.3 is 0 Å². The van der Waals surface area contributed by atoms with Crippen LogP contribution in [0.3, 0.4) is 0 Å². The number of nitrogen functional groups attached to an aromatic ring is 1. The molecule has 0 radical (unpaired) electrons. The van der Waals surface area contributed by atoms with Crippen molar-refractivity contribution in [1.82, 2.24) is 20.1 Å². The molecule has 19 heavy (non-hydrogen) atoms. The van der Waals surface area contributed by atoms with Crippen LogP contribution in [0.5, 0.6) is 0 Å². The number of rotatable bonds is 2. The Kier molecular flexibility index (Phi) is 2.82. The van der Waals surface area contributed by atoms with Gasteiger partial charge in [-0.1, -0.05) is 0 Å². The number of amides is 1. The zero-order valence-electron chi connectivity index (χ0n) is 10.2. The monoisotopic (exact) mass is 262 g/mol. The van der Waals surface area contributed by atoms with Gasteiger partial charge in [-0.05, 0) is 12.1 Å². The summed E-state index contributed by atoms with van der Waals surface area (Å²) in [6.07, 6.45) is 1.50. The minimum atomic E-state index is -0.0841. The van der Waals surface area contributed by atoms with Crippen molar-refractivity contribution in [1.29, 1.82) is 0 Å². The fourth-order valence-corrected chi connectivity index (χ4v) is 2.07. The summed E-state index contributed by atoms with van der Waals surface area (Å²) >= 11 is 0. The van der Waals surface area contributed by atoms with Gasteiger partial charge in [0.25, 0.3) is 5.91 Å². The molecule has 1 aliphatic heterocycles. The van der Waals surface area contributed by atoms with Gasteiger partial charge in [0.05, 0.1) is 6.26 Å². The van der Waals surface area contributed by atoms with Gasteiger partial charge in [0.2, 0.25) is 11.9 Å². The normalized spacial score (nSPS) is 15.8. The van der Waals surface area contributed by atoms with Crippen LogP contribution >= 0.6 is 0 Å². The molecule has 100 valence electrons. The Bertz CT molecular complexity index is 556. The second kappa shape index (κ2) is 4.63. The number of hydrogen-bond acceptors (Lipinski definition) is 6. The average molecular weight is 262 g/mol. The van der Waals surface area contributed by atoms with Gasteiger partial charge in [0, 0.05) is 26.2 Å². The second-order valence-electron chi connectivity index (χ2n) is 4.28. The van der Waals surface area contributed by atoms with Crippen molar-refractivity contribution < 1.29 is 9.21 Å². The Balaban J connectivity index is 1.62. The largest absolute Gasteiger partial charge is 0.459 e. The molecule has 1 aliphatic rings. The molecule has 2 aromatic rings. The minimum absolute atomic E-state index is 0.0841. The summed E-state index contributed by atoms with van der Waals surface area (Å²) in [5.41, 5.74) is 5.49. The number of piperazine rings is 1. The van der Waals surface area contributed by atoms with E-state index in [1.807, 2.05) is 4.90 Å². The number of aromatic amines is 1. The molecule has 1 saturated heterocycles. The highest BCUT2D eigenvalue weighted by Crippen LogP contribution is 2.13. The molecule has 0 saturated carbocycles. The van der Waals surface area contributed by atoms with Gasteiger partial charge < -0.3 is 20.0 Å². The molecule has 0 atom stereocenters. The second-order valence-corrected chi connectivity index (χ2v) is 4.28. The summed E-state index contributed by atoms with van der Waals surface area (Å²) < 4.78 is 5.11. The first-order valence-electron chi connectivity index (χ1n) is 5.99. The van der Waals surface area contributed by atoms with Crippen LogP contribution in [-0.2, 0) is 0 Å². The quantitative estimate of drug-likeness (QED) is 0.785. The standard InChI is InChI=1S/C11H14N6O2/c12-10-13-11(15-14-10)17-5-3-16(4-6-17)9(18)8-2-1-7-19-8/h1-2,7H,3-6H2,(H3,12,13,14,15). The van der Waals surface area contributed by atoms with E-state index in [0.717, 1.165) is 0 Å². The molecule has 1 fully saturated rings. The van der Waals surface area contributed by atoms with Crippen molar-refractivity contribution in [3.05, 3.63) is 24.2 Å². The third-order valence-corrected chi connectivity index (χ3v) is 3.07. The first-order chi connectivity index (χ1) is 9.24. The SMILES string of the molecule is Nc1nc(N2CCN(C(=O)c3ccco3)CC2)n[nH]1. The summed E-state index contributed by atoms with van der Waals surface area (Å²) in [5, 5.41) is 6.60. The fraction of sp³-hybridized carbons (Fsp3) is 0.364. The number of nitrogens with two attached hydrogens (primary N) is 1. The molecular weight excluding hydrogens is 248 g/mol. The van der Waals surface area contributed by atoms with Crippen LogP contribution in [0, 0.1) is 0 Å². The Labute approximate surface area is 109 Å². The summed E-state index contributed by atoms with van der Waals surface area (Å²) in [7, 11) is 0. The molecule has 0 spiro atoms. The highest BCUT2D eigenvalue weighted by atomic mass is 16.3. The Morgan fingerprint density at radius 2 is 2.16 bits per heavy atom. The molecule has 8 heteroatoms. The van der Waals surface area contributed by atoms with Crippen molar-refractivity contribution in [3.63, 3.8) is 0 Å². The summed E-state index contributed by atoms with van der Waals surface area (Å²) in [5.74, 6) is 1.15. The number of aromatic nitrogens is 3. The number of hydrogen-bond donors (Lipinski definition) is 2. The zero-order chi connectivity index (χ0) is 13.2. The molecule has 8 nitrogen and oxygen atoms in total. The van der Waals surface area contributed by atoms with Gasteiger partial charge in [-0.15, -0.1) is 5.10 Å². The summed E-state index contributed by atoms with van der Waals surface area (Å²) in [6.45, 7) is 2.55. The number of carbonyl (C=O) groups is 1. The fourth-order valence-electron chi connectivity index (χ4n) is 2.07. The summed E-state index contributed by atoms with van der Waals surface area (Å²) in [4.78, 5) is 19.9. The van der Waals surface area contributed by atoms with E-state index in [9.17, 15) is 4.79 Å². The van der Waals surface area contributed by atoms with E-state index in [4.69, 9.17) is 10.2 Å². The molecule has 3 N–H and O–H groups in total. The van der Waals surface area contributed by atoms with Crippen molar-refractivity contribution in [2.45, 2.75) is 0 Å². The van der Waals surface area contributed by atoms with Crippen molar-refractivity contribution in [2.75, 3.05) is 36.8 Å². The van der Waals surface area contributed by atoms with Crippen molar-refractivity contribution in [3.8, 4) is 0 Å². The highest BCUT2D eigenvalue weighted by Gasteiger charge is 2.25. The predicted octanol–water partition coefficient (Wildman–Crippen LogP) is -0.0577. The highest BCUT2D eigenvalue weighted by molar-refractivity contribution is 5.91. The van der Waals surface area contributed by atoms with Gasteiger partial charge in [-0.25, -0.2) is 5.10 Å². The van der Waals surface area contributed by atoms with E-state index < -0.39 is 0 Å². The van der Waals surface area contributed by atoms with Crippen molar-refractivity contribution in [2.24, 2.45) is 0 Å². The number of H-pyrrole nitrogens is 1. The average Bonchev–Trinajstić information content (AvgIpc) is 3.09. The lowest BCUT2D eigenvalue weighted by molar-refractivity contribution is 0.0714. The van der Waals surface area contributed by atoms with E-state index in [-0.39, 0.29) is 5.91 Å². The minimum Gasteiger partial charge on any atom is -0.459 e. The Morgan fingerprint density at radius 3 is 2.74 bits per heavy atom. The Morgan fingerprint density at radius 1 is 1.37 bits per heavy atom. The van der Waals surface area contributed by atoms with Crippen LogP contribution in [0.15, 0.2) is 22.8 Å². The van der Waals surface area contributed by atoms with Crippen LogP contribution < -0.4 is 10.6 Å². The maximum atomic E-state index is 12.1. The number of carbonyl (C=O) groups excluding carboxylic acids is 1. The van der Waals surface area contributed by atoms with Crippen LogP contribution in [0.2, 0.25) is 0 Å². The predicted molar refractivity (Wildman–Crippen MR) is 67.6 cm³/mol. The van der Waals surface area contributed by atoms with Crippen LogP contribution in [-0.4, -0.2) is 52.2 Å². The molecular formula is C11H14N6O2. The summed E-state index contributed by atoms with van der Waals surface area (Å²) in [6, 6.07) is 3.38. The van der Waals surface area contributed by atoms with E-state index in [0.29, 0.717) is 43.8 Å². The number of anilines is 2. The Hall–Kier alpha value is -2.51. The lowest BCUT2D eigenvalue weighted by atomic mass is 10.3. The molecule has 3 rings (SSSR count). The van der Waals surface area contributed by atoms with Crippen molar-refractivity contribution >= 4 is 17.8 Å². The third kappa shape index (κ3) is 2.24. The topological polar surface area (TPSA) is 104 Å². The van der Waals surface area contributed by atoms with Gasteiger partial charge in [-0.3, -0.25) is 4.79 Å². The lowest BCUT2D eigenvalue weighted by Gasteiger charge is -2.33. The molecule has 0 bridgehead atoms. The zero-order valence-corrected chi connectivity index (χ0v) is 10.2. The number of furan rings is 1. The van der Waals surface area contributed by atoms with Gasteiger partial charge in [0.15, 0.2) is 5.76 Å².